The fourth-order valence-corrected chi connectivity index (χ4v) is 8.14. The fourth-order valence-electron chi connectivity index (χ4n) is 8.14. The highest BCUT2D eigenvalue weighted by Crippen LogP contribution is 2.48. The molecular weight excluding hydrogens is 631 g/mol. The number of rotatable bonds is 6. The minimum atomic E-state index is 0.0491. The van der Waals surface area contributed by atoms with Gasteiger partial charge in [-0.1, -0.05) is 158 Å². The van der Waals surface area contributed by atoms with Gasteiger partial charge in [0, 0.05) is 28.1 Å². The molecule has 0 saturated carbocycles. The Morgan fingerprint density at radius 2 is 1.12 bits per heavy atom. The van der Waals surface area contributed by atoms with Gasteiger partial charge in [0.25, 0.3) is 0 Å². The summed E-state index contributed by atoms with van der Waals surface area (Å²) >= 11 is 0. The zero-order valence-corrected chi connectivity index (χ0v) is 28.6. The van der Waals surface area contributed by atoms with Gasteiger partial charge in [-0.2, -0.15) is 0 Å². The van der Waals surface area contributed by atoms with Crippen molar-refractivity contribution < 1.29 is 4.42 Å². The topological polar surface area (TPSA) is 16.4 Å². The van der Waals surface area contributed by atoms with Crippen LogP contribution in [0.5, 0.6) is 0 Å². The van der Waals surface area contributed by atoms with Gasteiger partial charge in [-0.15, -0.1) is 0 Å². The Morgan fingerprint density at radius 1 is 0.481 bits per heavy atom. The van der Waals surface area contributed by atoms with E-state index < -0.39 is 0 Å². The first-order valence-electron chi connectivity index (χ1n) is 18.0. The number of fused-ring (bicyclic) bond motifs is 5. The molecule has 0 spiro atoms. The molecule has 0 radical (unpaired) electrons. The maximum absolute atomic E-state index is 6.83. The van der Waals surface area contributed by atoms with Crippen LogP contribution in [0.2, 0.25) is 0 Å². The second kappa shape index (κ2) is 12.6. The van der Waals surface area contributed by atoms with E-state index in [0.717, 1.165) is 34.8 Å². The highest BCUT2D eigenvalue weighted by atomic mass is 16.3. The highest BCUT2D eigenvalue weighted by molar-refractivity contribution is 6.01. The van der Waals surface area contributed by atoms with Crippen molar-refractivity contribution in [1.29, 1.82) is 0 Å². The maximum Gasteiger partial charge on any atom is 0.135 e. The fraction of sp³-hybridized carbons (Fsp3) is 0.0400. The second-order valence-electron chi connectivity index (χ2n) is 13.6. The predicted octanol–water partition coefficient (Wildman–Crippen LogP) is 14.1. The predicted molar refractivity (Wildman–Crippen MR) is 219 cm³/mol. The first kappa shape index (κ1) is 30.2. The van der Waals surface area contributed by atoms with E-state index in [9.17, 15) is 0 Å². The molecule has 1 aromatic heterocycles. The van der Waals surface area contributed by atoms with Gasteiger partial charge in [0.05, 0.1) is 11.4 Å². The molecule has 1 aliphatic rings. The van der Waals surface area contributed by atoms with E-state index in [4.69, 9.17) is 4.42 Å². The molecule has 9 aromatic rings. The van der Waals surface area contributed by atoms with Crippen molar-refractivity contribution in [2.45, 2.75) is 12.3 Å². The van der Waals surface area contributed by atoms with E-state index >= 15 is 0 Å². The standard InChI is InChI=1S/C50H35NO/c1-2-14-35(15-3-1)42-21-8-10-26-47(42)51(39-30-28-36(29-31-39)41-23-12-19-34-16-6-7-20-40(34)41)48-27-11-9-22-43(48)44-24-13-25-45-46-32-37-17-4-5-18-38(37)33-49(46)52-50(44)45/h1-23,25-33,44H,24H2. The highest BCUT2D eigenvalue weighted by Gasteiger charge is 2.30. The van der Waals surface area contributed by atoms with Gasteiger partial charge in [0.15, 0.2) is 0 Å². The van der Waals surface area contributed by atoms with Crippen LogP contribution < -0.4 is 4.90 Å². The van der Waals surface area contributed by atoms with Crippen molar-refractivity contribution in [2.75, 3.05) is 4.90 Å². The Morgan fingerprint density at radius 3 is 1.96 bits per heavy atom. The quantitative estimate of drug-likeness (QED) is 0.176. The molecule has 0 bridgehead atoms. The molecule has 0 aliphatic heterocycles. The lowest BCUT2D eigenvalue weighted by molar-refractivity contribution is 0.517. The third kappa shape index (κ3) is 5.11. The summed E-state index contributed by atoms with van der Waals surface area (Å²) in [5, 5.41) is 6.09. The van der Waals surface area contributed by atoms with Crippen LogP contribution in [0.25, 0.3) is 60.8 Å². The Kier molecular flexibility index (Phi) is 7.32. The summed E-state index contributed by atoms with van der Waals surface area (Å²) in [6.07, 6.45) is 5.43. The zero-order valence-electron chi connectivity index (χ0n) is 28.6. The first-order valence-corrected chi connectivity index (χ1v) is 18.0. The molecule has 2 nitrogen and oxygen atoms in total. The van der Waals surface area contributed by atoms with Gasteiger partial charge >= 0.3 is 0 Å². The molecule has 52 heavy (non-hydrogen) atoms. The second-order valence-corrected chi connectivity index (χ2v) is 13.6. The Bertz CT molecular complexity index is 2770. The molecule has 0 N–H and O–H groups in total. The molecule has 0 amide bonds. The smallest absolute Gasteiger partial charge is 0.135 e. The van der Waals surface area contributed by atoms with E-state index in [-0.39, 0.29) is 5.92 Å². The van der Waals surface area contributed by atoms with Crippen LogP contribution in [0.15, 0.2) is 192 Å². The molecule has 1 aliphatic carbocycles. The van der Waals surface area contributed by atoms with Gasteiger partial charge in [-0.25, -0.2) is 0 Å². The third-order valence-electron chi connectivity index (χ3n) is 10.6. The number of anilines is 3. The number of nitrogens with zero attached hydrogens (tertiary/aromatic N) is 1. The lowest BCUT2D eigenvalue weighted by Crippen LogP contribution is -2.15. The third-order valence-corrected chi connectivity index (χ3v) is 10.6. The minimum absolute atomic E-state index is 0.0491. The molecule has 10 rings (SSSR count). The number of para-hydroxylation sites is 2. The SMILES string of the molecule is C1=Cc2c(oc3cc4ccccc4cc23)C(c2ccccc2N(c2ccc(-c3cccc4ccccc34)cc2)c2ccccc2-c2ccccc2)C1. The van der Waals surface area contributed by atoms with Crippen molar-refractivity contribution >= 4 is 55.7 Å². The normalized spacial score (nSPS) is 13.8. The van der Waals surface area contributed by atoms with Gasteiger partial charge in [0.1, 0.15) is 11.3 Å². The van der Waals surface area contributed by atoms with Crippen molar-refractivity contribution in [3.05, 3.63) is 205 Å². The van der Waals surface area contributed by atoms with Crippen LogP contribution in [0, 0.1) is 0 Å². The number of benzene rings is 8. The molecule has 2 heteroatoms. The summed E-state index contributed by atoms with van der Waals surface area (Å²) < 4.78 is 6.83. The molecule has 1 heterocycles. The monoisotopic (exact) mass is 665 g/mol. The van der Waals surface area contributed by atoms with E-state index in [2.05, 4.69) is 199 Å². The first-order chi connectivity index (χ1) is 25.8. The summed E-state index contributed by atoms with van der Waals surface area (Å²) in [4.78, 5) is 2.44. The van der Waals surface area contributed by atoms with Crippen LogP contribution in [0.1, 0.15) is 29.2 Å². The Labute approximate surface area is 303 Å². The van der Waals surface area contributed by atoms with Gasteiger partial charge in [-0.3, -0.25) is 0 Å². The van der Waals surface area contributed by atoms with Gasteiger partial charge in [-0.05, 0) is 86.6 Å². The summed E-state index contributed by atoms with van der Waals surface area (Å²) in [5.41, 5.74) is 11.5. The van der Waals surface area contributed by atoms with Crippen molar-refractivity contribution in [1.82, 2.24) is 0 Å². The summed E-state index contributed by atoms with van der Waals surface area (Å²) in [5.74, 6) is 1.08. The average Bonchev–Trinajstić information content (AvgIpc) is 3.58. The molecule has 1 atom stereocenters. The molecular formula is C50H35NO. The number of allylic oxidation sites excluding steroid dienone is 1. The van der Waals surface area contributed by atoms with E-state index in [1.54, 1.807) is 0 Å². The van der Waals surface area contributed by atoms with Crippen LogP contribution in [0.3, 0.4) is 0 Å². The van der Waals surface area contributed by atoms with Crippen molar-refractivity contribution in [2.24, 2.45) is 0 Å². The molecule has 1 unspecified atom stereocenters. The van der Waals surface area contributed by atoms with Crippen LogP contribution in [-0.2, 0) is 0 Å². The Hall–Kier alpha value is -6.64. The number of furan rings is 1. The molecule has 8 aromatic carbocycles. The lowest BCUT2D eigenvalue weighted by atomic mass is 9.85. The molecule has 246 valence electrons. The number of hydrogen-bond donors (Lipinski definition) is 0. The van der Waals surface area contributed by atoms with Crippen molar-refractivity contribution in [3.8, 4) is 22.3 Å². The Balaban J connectivity index is 1.15. The zero-order chi connectivity index (χ0) is 34.4. The van der Waals surface area contributed by atoms with Crippen LogP contribution in [0.4, 0.5) is 17.1 Å². The molecule has 0 saturated heterocycles. The number of hydrogen-bond acceptors (Lipinski definition) is 2. The van der Waals surface area contributed by atoms with Crippen molar-refractivity contribution in [3.63, 3.8) is 0 Å². The van der Waals surface area contributed by atoms with Gasteiger partial charge in [0.2, 0.25) is 0 Å². The summed E-state index contributed by atoms with van der Waals surface area (Å²) in [6, 6.07) is 65.6. The molecule has 0 fully saturated rings. The van der Waals surface area contributed by atoms with E-state index in [0.29, 0.717) is 0 Å². The largest absolute Gasteiger partial charge is 0.460 e. The van der Waals surface area contributed by atoms with E-state index in [1.807, 2.05) is 0 Å². The maximum atomic E-state index is 6.83. The van der Waals surface area contributed by atoms with Crippen LogP contribution >= 0.6 is 0 Å². The van der Waals surface area contributed by atoms with Crippen LogP contribution in [-0.4, -0.2) is 0 Å². The minimum Gasteiger partial charge on any atom is -0.460 e. The lowest BCUT2D eigenvalue weighted by Gasteiger charge is -2.32. The summed E-state index contributed by atoms with van der Waals surface area (Å²) in [7, 11) is 0. The summed E-state index contributed by atoms with van der Waals surface area (Å²) in [6.45, 7) is 0. The average molecular weight is 666 g/mol. The van der Waals surface area contributed by atoms with Gasteiger partial charge < -0.3 is 9.32 Å². The van der Waals surface area contributed by atoms with E-state index in [1.165, 1.54) is 60.3 Å².